The Morgan fingerprint density at radius 3 is 2.20 bits per heavy atom. The van der Waals surface area contributed by atoms with Crippen LogP contribution in [-0.2, 0) is 4.79 Å². The van der Waals surface area contributed by atoms with Gasteiger partial charge in [0.15, 0.2) is 6.10 Å². The number of benzene rings is 2. The van der Waals surface area contributed by atoms with Crippen LogP contribution in [0.25, 0.3) is 0 Å². The Morgan fingerprint density at radius 2 is 1.60 bits per heavy atom. The standard InChI is InChI=1S/C23H24ClN3O3/c1-16(2)21(30-20-6-4-3-5-18(20)15-25)23(29)27-13-11-26(12-14-27)22(28)17-7-9-19(24)10-8-17/h3-10,16,21H,11-14H2,1-2H3. The van der Waals surface area contributed by atoms with Gasteiger partial charge >= 0.3 is 0 Å². The number of hydrogen-bond acceptors (Lipinski definition) is 4. The summed E-state index contributed by atoms with van der Waals surface area (Å²) in [5.41, 5.74) is 0.977. The zero-order valence-electron chi connectivity index (χ0n) is 17.0. The average molecular weight is 426 g/mol. The molecule has 2 aromatic rings. The van der Waals surface area contributed by atoms with Gasteiger partial charge in [-0.15, -0.1) is 0 Å². The van der Waals surface area contributed by atoms with Crippen molar-refractivity contribution in [3.05, 3.63) is 64.7 Å². The maximum Gasteiger partial charge on any atom is 0.264 e. The predicted molar refractivity (Wildman–Crippen MR) is 114 cm³/mol. The summed E-state index contributed by atoms with van der Waals surface area (Å²) in [6, 6.07) is 15.8. The monoisotopic (exact) mass is 425 g/mol. The Bertz CT molecular complexity index is 945. The smallest absolute Gasteiger partial charge is 0.264 e. The molecular weight excluding hydrogens is 402 g/mol. The van der Waals surface area contributed by atoms with Gasteiger partial charge in [0.25, 0.3) is 11.8 Å². The van der Waals surface area contributed by atoms with Crippen LogP contribution >= 0.6 is 11.6 Å². The fourth-order valence-electron chi connectivity index (χ4n) is 3.36. The van der Waals surface area contributed by atoms with Gasteiger partial charge < -0.3 is 14.5 Å². The largest absolute Gasteiger partial charge is 0.479 e. The molecule has 0 N–H and O–H groups in total. The summed E-state index contributed by atoms with van der Waals surface area (Å²) >= 11 is 5.89. The molecule has 1 unspecified atom stereocenters. The van der Waals surface area contributed by atoms with Crippen molar-refractivity contribution in [2.45, 2.75) is 20.0 Å². The first kappa shape index (κ1) is 21.7. The molecule has 1 heterocycles. The van der Waals surface area contributed by atoms with Gasteiger partial charge in [-0.3, -0.25) is 9.59 Å². The summed E-state index contributed by atoms with van der Waals surface area (Å²) in [7, 11) is 0. The van der Waals surface area contributed by atoms with Crippen LogP contribution < -0.4 is 4.74 Å². The lowest BCUT2D eigenvalue weighted by molar-refractivity contribution is -0.142. The third-order valence-electron chi connectivity index (χ3n) is 5.08. The number of nitrogens with zero attached hydrogens (tertiary/aromatic N) is 3. The summed E-state index contributed by atoms with van der Waals surface area (Å²) in [6.07, 6.45) is -0.696. The van der Waals surface area contributed by atoms with E-state index < -0.39 is 6.10 Å². The summed E-state index contributed by atoms with van der Waals surface area (Å²) in [5, 5.41) is 9.86. The van der Waals surface area contributed by atoms with Crippen LogP contribution in [0.1, 0.15) is 29.8 Å². The molecule has 1 aliphatic rings. The van der Waals surface area contributed by atoms with Crippen molar-refractivity contribution in [2.24, 2.45) is 5.92 Å². The Labute approximate surface area is 181 Å². The maximum atomic E-state index is 13.1. The van der Waals surface area contributed by atoms with Crippen molar-refractivity contribution in [2.75, 3.05) is 26.2 Å². The minimum Gasteiger partial charge on any atom is -0.479 e. The van der Waals surface area contributed by atoms with E-state index in [1.54, 1.807) is 58.3 Å². The molecule has 30 heavy (non-hydrogen) atoms. The van der Waals surface area contributed by atoms with E-state index in [9.17, 15) is 14.9 Å². The number of halogens is 1. The number of ether oxygens (including phenoxy) is 1. The van der Waals surface area contributed by atoms with Crippen LogP contribution in [-0.4, -0.2) is 53.9 Å². The van der Waals surface area contributed by atoms with Crippen LogP contribution in [0.2, 0.25) is 5.02 Å². The zero-order chi connectivity index (χ0) is 21.7. The molecule has 3 rings (SSSR count). The summed E-state index contributed by atoms with van der Waals surface area (Å²) in [4.78, 5) is 29.3. The van der Waals surface area contributed by atoms with Gasteiger partial charge in [-0.1, -0.05) is 37.6 Å². The molecule has 0 spiro atoms. The molecule has 1 aliphatic heterocycles. The Kier molecular flexibility index (Phi) is 6.96. The SMILES string of the molecule is CC(C)C(Oc1ccccc1C#N)C(=O)N1CCN(C(=O)c2ccc(Cl)cc2)CC1. The van der Waals surface area contributed by atoms with Crippen molar-refractivity contribution in [1.82, 2.24) is 9.80 Å². The highest BCUT2D eigenvalue weighted by molar-refractivity contribution is 6.30. The Hall–Kier alpha value is -3.04. The number of hydrogen-bond donors (Lipinski definition) is 0. The van der Waals surface area contributed by atoms with Crippen molar-refractivity contribution >= 4 is 23.4 Å². The fraction of sp³-hybridized carbons (Fsp3) is 0.348. The molecule has 6 nitrogen and oxygen atoms in total. The van der Waals surface area contributed by atoms with Crippen LogP contribution in [0, 0.1) is 17.2 Å². The first-order valence-corrected chi connectivity index (χ1v) is 10.3. The van der Waals surface area contributed by atoms with Gasteiger partial charge in [0.1, 0.15) is 11.8 Å². The molecule has 2 amide bonds. The van der Waals surface area contributed by atoms with E-state index in [2.05, 4.69) is 6.07 Å². The van der Waals surface area contributed by atoms with Gasteiger partial charge in [-0.25, -0.2) is 0 Å². The first-order chi connectivity index (χ1) is 14.4. The van der Waals surface area contributed by atoms with Gasteiger partial charge in [0.05, 0.1) is 5.56 Å². The van der Waals surface area contributed by atoms with E-state index >= 15 is 0 Å². The predicted octanol–water partition coefficient (Wildman–Crippen LogP) is 3.60. The van der Waals surface area contributed by atoms with E-state index in [4.69, 9.17) is 16.3 Å². The topological polar surface area (TPSA) is 73.6 Å². The lowest BCUT2D eigenvalue weighted by atomic mass is 10.0. The molecule has 2 aromatic carbocycles. The lowest BCUT2D eigenvalue weighted by Crippen LogP contribution is -2.54. The second-order valence-corrected chi connectivity index (χ2v) is 7.95. The molecule has 1 saturated heterocycles. The quantitative estimate of drug-likeness (QED) is 0.733. The van der Waals surface area contributed by atoms with Crippen molar-refractivity contribution in [3.8, 4) is 11.8 Å². The molecule has 0 aromatic heterocycles. The van der Waals surface area contributed by atoms with E-state index in [-0.39, 0.29) is 17.7 Å². The van der Waals surface area contributed by atoms with Crippen molar-refractivity contribution < 1.29 is 14.3 Å². The number of carbonyl (C=O) groups excluding carboxylic acids is 2. The molecule has 0 bridgehead atoms. The molecule has 0 saturated carbocycles. The van der Waals surface area contributed by atoms with Crippen LogP contribution in [0.5, 0.6) is 5.75 Å². The normalized spacial score (nSPS) is 14.9. The van der Waals surface area contributed by atoms with Gasteiger partial charge in [-0.05, 0) is 42.3 Å². The minimum absolute atomic E-state index is 0.0710. The van der Waals surface area contributed by atoms with Crippen LogP contribution in [0.4, 0.5) is 0 Å². The number of amides is 2. The number of para-hydroxylation sites is 1. The zero-order valence-corrected chi connectivity index (χ0v) is 17.8. The Morgan fingerprint density at radius 1 is 1.00 bits per heavy atom. The minimum atomic E-state index is -0.696. The fourth-order valence-corrected chi connectivity index (χ4v) is 3.48. The van der Waals surface area contributed by atoms with Gasteiger partial charge in [-0.2, -0.15) is 5.26 Å². The summed E-state index contributed by atoms with van der Waals surface area (Å²) < 4.78 is 5.96. The van der Waals surface area contributed by atoms with Gasteiger partial charge in [0.2, 0.25) is 0 Å². The molecule has 156 valence electrons. The number of piperazine rings is 1. The van der Waals surface area contributed by atoms with Crippen LogP contribution in [0.3, 0.4) is 0 Å². The van der Waals surface area contributed by atoms with Crippen molar-refractivity contribution in [1.29, 1.82) is 5.26 Å². The first-order valence-electron chi connectivity index (χ1n) is 9.90. The molecule has 0 aliphatic carbocycles. The molecule has 0 radical (unpaired) electrons. The number of carbonyl (C=O) groups is 2. The average Bonchev–Trinajstić information content (AvgIpc) is 2.77. The number of rotatable bonds is 5. The second-order valence-electron chi connectivity index (χ2n) is 7.51. The molecule has 1 fully saturated rings. The van der Waals surface area contributed by atoms with E-state index in [1.165, 1.54) is 0 Å². The van der Waals surface area contributed by atoms with Crippen LogP contribution in [0.15, 0.2) is 48.5 Å². The van der Waals surface area contributed by atoms with E-state index in [0.717, 1.165) is 0 Å². The number of nitriles is 1. The van der Waals surface area contributed by atoms with Gasteiger partial charge in [0, 0.05) is 36.8 Å². The highest BCUT2D eigenvalue weighted by Gasteiger charge is 2.32. The molecular formula is C23H24ClN3O3. The molecule has 1 atom stereocenters. The third kappa shape index (κ3) is 4.92. The summed E-state index contributed by atoms with van der Waals surface area (Å²) in [5.74, 6) is 0.135. The highest BCUT2D eigenvalue weighted by atomic mass is 35.5. The third-order valence-corrected chi connectivity index (χ3v) is 5.33. The van der Waals surface area contributed by atoms with E-state index in [0.29, 0.717) is 48.1 Å². The van der Waals surface area contributed by atoms with Crippen molar-refractivity contribution in [3.63, 3.8) is 0 Å². The summed E-state index contributed by atoms with van der Waals surface area (Å²) in [6.45, 7) is 5.60. The lowest BCUT2D eigenvalue weighted by Gasteiger charge is -2.37. The Balaban J connectivity index is 1.64. The molecule has 7 heteroatoms. The van der Waals surface area contributed by atoms with E-state index in [1.807, 2.05) is 13.8 Å². The second kappa shape index (κ2) is 9.64. The maximum absolute atomic E-state index is 13.1. The highest BCUT2D eigenvalue weighted by Crippen LogP contribution is 2.22.